The molecule has 0 saturated carbocycles. The third-order valence-electron chi connectivity index (χ3n) is 7.49. The van der Waals surface area contributed by atoms with Gasteiger partial charge in [0.15, 0.2) is 5.82 Å². The highest BCUT2D eigenvalue weighted by atomic mass is 32.1. The lowest BCUT2D eigenvalue weighted by atomic mass is 10.0. The van der Waals surface area contributed by atoms with Crippen molar-refractivity contribution in [2.45, 2.75) is 19.5 Å². The number of benzene rings is 2. The van der Waals surface area contributed by atoms with Crippen LogP contribution in [0.2, 0.25) is 0 Å². The summed E-state index contributed by atoms with van der Waals surface area (Å²) in [5.41, 5.74) is 1.87. The molecular formula is C32H24F2N8O3S. The maximum atomic E-state index is 15.0. The van der Waals surface area contributed by atoms with Crippen LogP contribution >= 0.6 is 11.3 Å². The quantitative estimate of drug-likeness (QED) is 0.154. The van der Waals surface area contributed by atoms with Crippen molar-refractivity contribution in [2.75, 3.05) is 18.5 Å². The number of carbonyl (C=O) groups excluding carboxylic acids is 2. The zero-order chi connectivity index (χ0) is 31.8. The molecule has 2 aromatic carbocycles. The summed E-state index contributed by atoms with van der Waals surface area (Å²) < 4.78 is 38.1. The van der Waals surface area contributed by atoms with Crippen molar-refractivity contribution in [1.29, 1.82) is 0 Å². The molecule has 5 heterocycles. The van der Waals surface area contributed by atoms with Crippen LogP contribution in [0.15, 0.2) is 79.4 Å². The van der Waals surface area contributed by atoms with Gasteiger partial charge in [0.05, 0.1) is 47.2 Å². The van der Waals surface area contributed by atoms with Crippen LogP contribution in [0, 0.1) is 11.8 Å². The van der Waals surface area contributed by atoms with E-state index in [1.165, 1.54) is 28.5 Å². The molecule has 0 unspecified atom stereocenters. The van der Waals surface area contributed by atoms with E-state index in [2.05, 4.69) is 30.6 Å². The van der Waals surface area contributed by atoms with E-state index in [9.17, 15) is 14.0 Å². The second-order valence-electron chi connectivity index (χ2n) is 10.5. The summed E-state index contributed by atoms with van der Waals surface area (Å²) in [5.74, 6) is -1.57. The average Bonchev–Trinajstić information content (AvgIpc) is 3.80. The molecule has 0 bridgehead atoms. The fraction of sp³-hybridized carbons (Fsp3) is 0.156. The first-order valence-electron chi connectivity index (χ1n) is 14.3. The highest BCUT2D eigenvalue weighted by Crippen LogP contribution is 2.42. The normalized spacial score (nSPS) is 13.3. The van der Waals surface area contributed by atoms with Gasteiger partial charge < -0.3 is 10.1 Å². The Morgan fingerprint density at radius 3 is 2.50 bits per heavy atom. The van der Waals surface area contributed by atoms with Crippen molar-refractivity contribution in [3.8, 4) is 27.4 Å². The standard InChI is InChI=1S/C32H24F2N8O3S/c1-18(42-30(43)21-6-2-3-7-22(21)31(42)44)17-45-25-16-36-27(34)14-23(25)20-8-4-5-19-13-26(46-29(19)20)28-24(33)15-37-32(39-28)35-9-11-41-12-10-38-40-41/h2-8,10,12-16,18H,9,11,17H2,1H3,(H,35,37,39)/t18-/m1/s1. The van der Waals surface area contributed by atoms with Gasteiger partial charge in [0, 0.05) is 34.6 Å². The first kappa shape index (κ1) is 29.1. The van der Waals surface area contributed by atoms with Crippen LogP contribution in [0.4, 0.5) is 14.7 Å². The number of nitrogens with zero attached hydrogens (tertiary/aromatic N) is 7. The van der Waals surface area contributed by atoms with E-state index in [0.29, 0.717) is 40.2 Å². The van der Waals surface area contributed by atoms with Gasteiger partial charge >= 0.3 is 0 Å². The van der Waals surface area contributed by atoms with E-state index in [1.54, 1.807) is 48.3 Å². The van der Waals surface area contributed by atoms with E-state index in [4.69, 9.17) is 4.74 Å². The number of anilines is 1. The first-order chi connectivity index (χ1) is 22.4. The van der Waals surface area contributed by atoms with Crippen molar-refractivity contribution < 1.29 is 23.1 Å². The monoisotopic (exact) mass is 638 g/mol. The van der Waals surface area contributed by atoms with E-state index < -0.39 is 29.6 Å². The minimum atomic E-state index is -0.715. The third kappa shape index (κ3) is 5.43. The van der Waals surface area contributed by atoms with Crippen LogP contribution in [-0.4, -0.2) is 65.9 Å². The van der Waals surface area contributed by atoms with E-state index >= 15 is 4.39 Å². The molecule has 1 aliphatic rings. The smallest absolute Gasteiger partial charge is 0.261 e. The molecule has 0 aliphatic carbocycles. The van der Waals surface area contributed by atoms with Crippen molar-refractivity contribution >= 4 is 39.2 Å². The Balaban J connectivity index is 1.15. The van der Waals surface area contributed by atoms with Crippen LogP contribution < -0.4 is 10.1 Å². The molecule has 11 nitrogen and oxygen atoms in total. The second kappa shape index (κ2) is 12.0. The van der Waals surface area contributed by atoms with Gasteiger partial charge in [-0.1, -0.05) is 35.5 Å². The van der Waals surface area contributed by atoms with E-state index in [0.717, 1.165) is 16.3 Å². The Hall–Kier alpha value is -5.63. The van der Waals surface area contributed by atoms with Gasteiger partial charge in [0.25, 0.3) is 11.8 Å². The summed E-state index contributed by atoms with van der Waals surface area (Å²) in [6.07, 6.45) is 5.70. The molecule has 0 radical (unpaired) electrons. The zero-order valence-corrected chi connectivity index (χ0v) is 25.0. The summed E-state index contributed by atoms with van der Waals surface area (Å²) in [4.78, 5) is 39.9. The van der Waals surface area contributed by atoms with Gasteiger partial charge in [-0.15, -0.1) is 16.4 Å². The molecule has 7 rings (SSSR count). The van der Waals surface area contributed by atoms with E-state index in [-0.39, 0.29) is 24.0 Å². The number of hydrogen-bond acceptors (Lipinski definition) is 10. The minimum Gasteiger partial charge on any atom is -0.489 e. The number of fused-ring (bicyclic) bond motifs is 2. The fourth-order valence-corrected chi connectivity index (χ4v) is 6.47. The Labute approximate surface area is 264 Å². The molecular weight excluding hydrogens is 614 g/mol. The predicted octanol–water partition coefficient (Wildman–Crippen LogP) is 5.47. The molecule has 1 N–H and O–H groups in total. The largest absolute Gasteiger partial charge is 0.489 e. The molecule has 230 valence electrons. The number of amides is 2. The second-order valence-corrected chi connectivity index (χ2v) is 11.6. The lowest BCUT2D eigenvalue weighted by Crippen LogP contribution is -2.41. The Kier molecular flexibility index (Phi) is 7.62. The molecule has 6 aromatic rings. The number of ether oxygens (including phenoxy) is 1. The summed E-state index contributed by atoms with van der Waals surface area (Å²) in [5, 5.41) is 11.5. The summed E-state index contributed by atoms with van der Waals surface area (Å²) >= 11 is 1.29. The van der Waals surface area contributed by atoms with Gasteiger partial charge in [-0.3, -0.25) is 19.2 Å². The number of thiophene rings is 1. The highest BCUT2D eigenvalue weighted by Gasteiger charge is 2.38. The van der Waals surface area contributed by atoms with Crippen LogP contribution in [0.3, 0.4) is 0 Å². The zero-order valence-electron chi connectivity index (χ0n) is 24.2. The van der Waals surface area contributed by atoms with Gasteiger partial charge in [0.1, 0.15) is 18.1 Å². The number of rotatable bonds is 10. The van der Waals surface area contributed by atoms with Crippen molar-refractivity contribution in [2.24, 2.45) is 0 Å². The molecule has 1 aliphatic heterocycles. The number of imide groups is 1. The van der Waals surface area contributed by atoms with Gasteiger partial charge in [-0.2, -0.15) is 4.39 Å². The fourth-order valence-electron chi connectivity index (χ4n) is 5.29. The van der Waals surface area contributed by atoms with Gasteiger partial charge in [0.2, 0.25) is 11.9 Å². The van der Waals surface area contributed by atoms with Crippen LogP contribution in [0.25, 0.3) is 31.8 Å². The number of hydrogen-bond donors (Lipinski definition) is 1. The number of carbonyl (C=O) groups is 2. The molecule has 0 fully saturated rings. The van der Waals surface area contributed by atoms with Gasteiger partial charge in [-0.25, -0.2) is 19.3 Å². The molecule has 1 atom stereocenters. The van der Waals surface area contributed by atoms with Crippen molar-refractivity contribution in [3.05, 3.63) is 102 Å². The van der Waals surface area contributed by atoms with Crippen LogP contribution in [-0.2, 0) is 6.54 Å². The number of nitrogens with one attached hydrogen (secondary N) is 1. The molecule has 0 saturated heterocycles. The number of pyridine rings is 1. The molecule has 4 aromatic heterocycles. The SMILES string of the molecule is C[C@H](COc1cnc(F)cc1-c1cccc2cc(-c3nc(NCCn4ccnn4)ncc3F)sc12)N1C(=O)c2ccccc2C1=O. The summed E-state index contributed by atoms with van der Waals surface area (Å²) in [7, 11) is 0. The third-order valence-corrected chi connectivity index (χ3v) is 8.68. The highest BCUT2D eigenvalue weighted by molar-refractivity contribution is 7.22. The Bertz CT molecular complexity index is 2070. The van der Waals surface area contributed by atoms with Crippen molar-refractivity contribution in [3.63, 3.8) is 0 Å². The summed E-state index contributed by atoms with van der Waals surface area (Å²) in [6.45, 7) is 2.63. The average molecular weight is 639 g/mol. The predicted molar refractivity (Wildman–Crippen MR) is 166 cm³/mol. The van der Waals surface area contributed by atoms with Crippen LogP contribution in [0.5, 0.6) is 5.75 Å². The lowest BCUT2D eigenvalue weighted by Gasteiger charge is -2.23. The maximum Gasteiger partial charge on any atom is 0.261 e. The Morgan fingerprint density at radius 1 is 0.957 bits per heavy atom. The lowest BCUT2D eigenvalue weighted by molar-refractivity contribution is 0.0551. The number of aromatic nitrogens is 6. The molecule has 46 heavy (non-hydrogen) atoms. The topological polar surface area (TPSA) is 128 Å². The first-order valence-corrected chi connectivity index (χ1v) is 15.1. The maximum absolute atomic E-state index is 15.0. The van der Waals surface area contributed by atoms with Crippen LogP contribution in [0.1, 0.15) is 27.6 Å². The number of halogens is 2. The van der Waals surface area contributed by atoms with E-state index in [1.807, 2.05) is 24.3 Å². The molecule has 14 heteroatoms. The molecule has 2 amide bonds. The van der Waals surface area contributed by atoms with Gasteiger partial charge in [-0.05, 0) is 30.5 Å². The van der Waals surface area contributed by atoms with Crippen molar-refractivity contribution in [1.82, 2.24) is 34.8 Å². The summed E-state index contributed by atoms with van der Waals surface area (Å²) in [6, 6.07) is 14.6. The minimum absolute atomic E-state index is 0.0454. The molecule has 0 spiro atoms. The Morgan fingerprint density at radius 2 is 1.74 bits per heavy atom.